The Balaban J connectivity index is 1.59. The first kappa shape index (κ1) is 25.1. The minimum atomic E-state index is -3.80. The Morgan fingerprint density at radius 3 is 2.00 bits per heavy atom. The maximum atomic E-state index is 12.9. The number of anilines is 3. The van der Waals surface area contributed by atoms with Gasteiger partial charge in [0.25, 0.3) is 15.9 Å². The van der Waals surface area contributed by atoms with Crippen molar-refractivity contribution in [2.75, 3.05) is 34.8 Å². The molecule has 2 N–H and O–H groups in total. The van der Waals surface area contributed by atoms with Crippen molar-refractivity contribution in [2.24, 2.45) is 0 Å². The van der Waals surface area contributed by atoms with Gasteiger partial charge in [-0.3, -0.25) is 13.9 Å². The average molecular weight is 500 g/mol. The third-order valence-corrected chi connectivity index (χ3v) is 7.32. The molecule has 0 fully saturated rings. The summed E-state index contributed by atoms with van der Waals surface area (Å²) >= 11 is 1.62. The molecule has 0 spiro atoms. The summed E-state index contributed by atoms with van der Waals surface area (Å²) < 4.78 is 32.5. The molecule has 2 amide bonds. The van der Waals surface area contributed by atoms with Crippen molar-refractivity contribution in [1.29, 1.82) is 0 Å². The second-order valence-electron chi connectivity index (χ2n) is 7.24. The molecule has 3 aromatic rings. The summed E-state index contributed by atoms with van der Waals surface area (Å²) in [5.74, 6) is -0.109. The van der Waals surface area contributed by atoms with E-state index in [-0.39, 0.29) is 23.3 Å². The van der Waals surface area contributed by atoms with Crippen LogP contribution in [0.2, 0.25) is 0 Å². The molecule has 8 nitrogen and oxygen atoms in total. The summed E-state index contributed by atoms with van der Waals surface area (Å²) in [5.41, 5.74) is 1.62. The standard InChI is InChI=1S/C24H25N3O5S2/c1-17(28)25-18-6-14-23(15-7-18)34(30,31)27(2)20-8-10-21(11-9-20)32-16-24(29)26-19-4-12-22(33-3)13-5-19/h4-15H,16H2,1-3H3,(H,25,28)(H,26,29). The summed E-state index contributed by atoms with van der Waals surface area (Å²) in [6, 6.07) is 19.8. The van der Waals surface area contributed by atoms with Crippen molar-refractivity contribution in [3.8, 4) is 5.75 Å². The molecule has 0 aromatic heterocycles. The van der Waals surface area contributed by atoms with Crippen LogP contribution in [0.3, 0.4) is 0 Å². The molecular formula is C24H25N3O5S2. The zero-order chi connectivity index (χ0) is 24.7. The Morgan fingerprint density at radius 2 is 1.44 bits per heavy atom. The number of hydrogen-bond acceptors (Lipinski definition) is 6. The van der Waals surface area contributed by atoms with Crippen molar-refractivity contribution in [3.63, 3.8) is 0 Å². The van der Waals surface area contributed by atoms with E-state index in [9.17, 15) is 18.0 Å². The highest BCUT2D eigenvalue weighted by Crippen LogP contribution is 2.25. The van der Waals surface area contributed by atoms with Gasteiger partial charge in [0.05, 0.1) is 10.6 Å². The van der Waals surface area contributed by atoms with Crippen LogP contribution in [0.25, 0.3) is 0 Å². The second-order valence-corrected chi connectivity index (χ2v) is 10.1. The molecule has 34 heavy (non-hydrogen) atoms. The van der Waals surface area contributed by atoms with E-state index in [1.807, 2.05) is 30.5 Å². The topological polar surface area (TPSA) is 105 Å². The summed E-state index contributed by atoms with van der Waals surface area (Å²) in [5, 5.41) is 5.36. The number of amides is 2. The Morgan fingerprint density at radius 1 is 0.882 bits per heavy atom. The first-order valence-corrected chi connectivity index (χ1v) is 12.9. The number of nitrogens with zero attached hydrogens (tertiary/aromatic N) is 1. The molecule has 3 aromatic carbocycles. The number of nitrogens with one attached hydrogen (secondary N) is 2. The summed E-state index contributed by atoms with van der Waals surface area (Å²) in [7, 11) is -2.35. The van der Waals surface area contributed by atoms with E-state index in [0.29, 0.717) is 22.8 Å². The van der Waals surface area contributed by atoms with Gasteiger partial charge in [-0.05, 0) is 79.1 Å². The lowest BCUT2D eigenvalue weighted by atomic mass is 10.3. The number of thioether (sulfide) groups is 1. The molecule has 0 aliphatic rings. The molecule has 10 heteroatoms. The Hall–Kier alpha value is -3.50. The van der Waals surface area contributed by atoms with E-state index in [0.717, 1.165) is 9.20 Å². The highest BCUT2D eigenvalue weighted by Gasteiger charge is 2.21. The van der Waals surface area contributed by atoms with Crippen molar-refractivity contribution in [2.45, 2.75) is 16.7 Å². The van der Waals surface area contributed by atoms with Crippen molar-refractivity contribution in [1.82, 2.24) is 0 Å². The van der Waals surface area contributed by atoms with Crippen LogP contribution < -0.4 is 19.7 Å². The monoisotopic (exact) mass is 499 g/mol. The van der Waals surface area contributed by atoms with Crippen LogP contribution in [0.4, 0.5) is 17.1 Å². The number of hydrogen-bond donors (Lipinski definition) is 2. The maximum absolute atomic E-state index is 12.9. The minimum Gasteiger partial charge on any atom is -0.484 e. The third kappa shape index (κ3) is 6.52. The minimum absolute atomic E-state index is 0.0895. The molecule has 0 saturated heterocycles. The van der Waals surface area contributed by atoms with Gasteiger partial charge in [-0.15, -0.1) is 11.8 Å². The van der Waals surface area contributed by atoms with Gasteiger partial charge in [0, 0.05) is 30.2 Å². The lowest BCUT2D eigenvalue weighted by Gasteiger charge is -2.20. The largest absolute Gasteiger partial charge is 0.484 e. The second kappa shape index (κ2) is 11.1. The van der Waals surface area contributed by atoms with Crippen LogP contribution in [0.15, 0.2) is 82.6 Å². The molecule has 0 saturated carbocycles. The fourth-order valence-electron chi connectivity index (χ4n) is 2.98. The van der Waals surface area contributed by atoms with Gasteiger partial charge in [-0.25, -0.2) is 8.42 Å². The van der Waals surface area contributed by atoms with Gasteiger partial charge in [0.1, 0.15) is 5.75 Å². The predicted octanol–water partition coefficient (Wildman–Crippen LogP) is 4.21. The van der Waals surface area contributed by atoms with Crippen LogP contribution >= 0.6 is 11.8 Å². The molecule has 0 radical (unpaired) electrons. The Labute approximate surface area is 203 Å². The van der Waals surface area contributed by atoms with E-state index in [1.54, 1.807) is 36.0 Å². The number of sulfonamides is 1. The molecule has 0 atom stereocenters. The fraction of sp³-hybridized carbons (Fsp3) is 0.167. The van der Waals surface area contributed by atoms with E-state index < -0.39 is 10.0 Å². The molecular weight excluding hydrogens is 474 g/mol. The van der Waals surface area contributed by atoms with Crippen LogP contribution in [0, 0.1) is 0 Å². The van der Waals surface area contributed by atoms with E-state index in [2.05, 4.69) is 10.6 Å². The highest BCUT2D eigenvalue weighted by molar-refractivity contribution is 7.98. The quantitative estimate of drug-likeness (QED) is 0.428. The third-order valence-electron chi connectivity index (χ3n) is 4.78. The predicted molar refractivity (Wildman–Crippen MR) is 135 cm³/mol. The van der Waals surface area contributed by atoms with Crippen molar-refractivity contribution in [3.05, 3.63) is 72.8 Å². The molecule has 3 rings (SSSR count). The van der Waals surface area contributed by atoms with Gasteiger partial charge < -0.3 is 15.4 Å². The summed E-state index contributed by atoms with van der Waals surface area (Å²) in [4.78, 5) is 24.5. The van der Waals surface area contributed by atoms with Gasteiger partial charge in [0.15, 0.2) is 6.61 Å². The van der Waals surface area contributed by atoms with Crippen LogP contribution in [0.1, 0.15) is 6.92 Å². The highest BCUT2D eigenvalue weighted by atomic mass is 32.2. The summed E-state index contributed by atoms with van der Waals surface area (Å²) in [6.45, 7) is 1.20. The SMILES string of the molecule is CSc1ccc(NC(=O)COc2ccc(N(C)S(=O)(=O)c3ccc(NC(C)=O)cc3)cc2)cc1. The van der Waals surface area contributed by atoms with E-state index in [4.69, 9.17) is 4.74 Å². The molecule has 178 valence electrons. The average Bonchev–Trinajstić information content (AvgIpc) is 2.83. The lowest BCUT2D eigenvalue weighted by molar-refractivity contribution is -0.118. The molecule has 0 bridgehead atoms. The van der Waals surface area contributed by atoms with Crippen LogP contribution in [-0.4, -0.2) is 40.1 Å². The van der Waals surface area contributed by atoms with Gasteiger partial charge in [-0.1, -0.05) is 0 Å². The molecule has 0 aliphatic heterocycles. The molecule has 0 unspecified atom stereocenters. The van der Waals surface area contributed by atoms with Crippen LogP contribution in [-0.2, 0) is 19.6 Å². The maximum Gasteiger partial charge on any atom is 0.264 e. The first-order valence-electron chi connectivity index (χ1n) is 10.2. The van der Waals surface area contributed by atoms with Crippen LogP contribution in [0.5, 0.6) is 5.75 Å². The fourth-order valence-corrected chi connectivity index (χ4v) is 4.59. The summed E-state index contributed by atoms with van der Waals surface area (Å²) in [6.07, 6.45) is 1.98. The number of carbonyl (C=O) groups is 2. The first-order chi connectivity index (χ1) is 16.2. The Kier molecular flexibility index (Phi) is 8.19. The number of rotatable bonds is 9. The lowest BCUT2D eigenvalue weighted by Crippen LogP contribution is -2.26. The number of ether oxygens (including phenoxy) is 1. The normalized spacial score (nSPS) is 10.9. The van der Waals surface area contributed by atoms with Gasteiger partial charge >= 0.3 is 0 Å². The molecule has 0 heterocycles. The Bertz CT molecular complexity index is 1240. The molecule has 0 aliphatic carbocycles. The van der Waals surface area contributed by atoms with Crippen molar-refractivity contribution < 1.29 is 22.7 Å². The van der Waals surface area contributed by atoms with E-state index >= 15 is 0 Å². The van der Waals surface area contributed by atoms with Gasteiger partial charge in [0.2, 0.25) is 5.91 Å². The van der Waals surface area contributed by atoms with E-state index in [1.165, 1.54) is 38.2 Å². The van der Waals surface area contributed by atoms with Crippen molar-refractivity contribution >= 4 is 50.7 Å². The number of carbonyl (C=O) groups excluding carboxylic acids is 2. The zero-order valence-electron chi connectivity index (χ0n) is 18.9. The van der Waals surface area contributed by atoms with Gasteiger partial charge in [-0.2, -0.15) is 0 Å². The zero-order valence-corrected chi connectivity index (χ0v) is 20.6. The smallest absolute Gasteiger partial charge is 0.264 e. The number of benzene rings is 3.